The second-order valence-electron chi connectivity index (χ2n) is 3.32. The second kappa shape index (κ2) is 4.69. The molecule has 2 amide bonds. The summed E-state index contributed by atoms with van der Waals surface area (Å²) in [4.78, 5) is 14.9. The van der Waals surface area contributed by atoms with Crippen LogP contribution in [-0.4, -0.2) is 36.5 Å². The Morgan fingerprint density at radius 1 is 1.50 bits per heavy atom. The minimum atomic E-state index is 0.0219. The van der Waals surface area contributed by atoms with Crippen molar-refractivity contribution < 1.29 is 9.21 Å². The van der Waals surface area contributed by atoms with Crippen LogP contribution in [0, 0.1) is 0 Å². The van der Waals surface area contributed by atoms with Crippen LogP contribution < -0.4 is 0 Å². The van der Waals surface area contributed by atoms with E-state index in [2.05, 4.69) is 0 Å². The molecule has 0 radical (unpaired) electrons. The summed E-state index contributed by atoms with van der Waals surface area (Å²) >= 11 is 0. The normalized spacial score (nSPS) is 9.93. The third-order valence-electron chi connectivity index (χ3n) is 1.99. The molecule has 1 rings (SSSR count). The second-order valence-corrected chi connectivity index (χ2v) is 3.32. The van der Waals surface area contributed by atoms with Gasteiger partial charge in [0, 0.05) is 26.2 Å². The summed E-state index contributed by atoms with van der Waals surface area (Å²) in [7, 11) is 3.50. The molecule has 0 unspecified atom stereocenters. The topological polar surface area (TPSA) is 36.7 Å². The highest BCUT2D eigenvalue weighted by atomic mass is 16.3. The monoisotopic (exact) mass is 196 g/mol. The number of amides is 2. The first-order chi connectivity index (χ1) is 6.65. The van der Waals surface area contributed by atoms with E-state index in [9.17, 15) is 4.79 Å². The zero-order chi connectivity index (χ0) is 10.6. The van der Waals surface area contributed by atoms with E-state index in [1.807, 2.05) is 13.0 Å². The molecule has 14 heavy (non-hydrogen) atoms. The molecule has 0 bridgehead atoms. The Bertz CT molecular complexity index is 280. The minimum absolute atomic E-state index is 0.0219. The first kappa shape index (κ1) is 10.6. The molecule has 0 saturated heterocycles. The summed E-state index contributed by atoms with van der Waals surface area (Å²) in [5.74, 6) is 0. The molecular formula is C10H16N2O2. The first-order valence-electron chi connectivity index (χ1n) is 4.62. The van der Waals surface area contributed by atoms with Gasteiger partial charge in [-0.05, 0) is 13.0 Å². The number of rotatable bonds is 3. The maximum absolute atomic E-state index is 11.6. The molecule has 0 aliphatic rings. The van der Waals surface area contributed by atoms with Crippen LogP contribution in [0.2, 0.25) is 0 Å². The largest absolute Gasteiger partial charge is 0.472 e. The molecule has 0 fully saturated rings. The van der Waals surface area contributed by atoms with Gasteiger partial charge in [0.2, 0.25) is 0 Å². The summed E-state index contributed by atoms with van der Waals surface area (Å²) in [6, 6.07) is 1.89. The number of furan rings is 1. The molecule has 1 heterocycles. The fraction of sp³-hybridized carbons (Fsp3) is 0.500. The third-order valence-corrected chi connectivity index (χ3v) is 1.99. The van der Waals surface area contributed by atoms with Crippen LogP contribution in [0.25, 0.3) is 0 Å². The number of hydrogen-bond donors (Lipinski definition) is 0. The Morgan fingerprint density at radius 3 is 2.64 bits per heavy atom. The molecule has 4 nitrogen and oxygen atoms in total. The van der Waals surface area contributed by atoms with Gasteiger partial charge in [0.15, 0.2) is 0 Å². The van der Waals surface area contributed by atoms with E-state index in [0.717, 1.165) is 5.56 Å². The fourth-order valence-electron chi connectivity index (χ4n) is 1.20. The van der Waals surface area contributed by atoms with E-state index in [1.54, 1.807) is 36.4 Å². The average Bonchev–Trinajstić information content (AvgIpc) is 2.65. The minimum Gasteiger partial charge on any atom is -0.472 e. The van der Waals surface area contributed by atoms with Gasteiger partial charge >= 0.3 is 6.03 Å². The van der Waals surface area contributed by atoms with Gasteiger partial charge in [-0.15, -0.1) is 0 Å². The third kappa shape index (κ3) is 2.52. The first-order valence-corrected chi connectivity index (χ1v) is 4.62. The standard InChI is InChI=1S/C10H16N2O2/c1-4-12(10(13)11(2)3)7-9-5-6-14-8-9/h5-6,8H,4,7H2,1-3H3. The molecule has 0 N–H and O–H groups in total. The zero-order valence-corrected chi connectivity index (χ0v) is 8.86. The van der Waals surface area contributed by atoms with Gasteiger partial charge in [-0.25, -0.2) is 4.79 Å². The highest BCUT2D eigenvalue weighted by Crippen LogP contribution is 2.06. The highest BCUT2D eigenvalue weighted by Gasteiger charge is 2.13. The lowest BCUT2D eigenvalue weighted by Gasteiger charge is -2.24. The Labute approximate surface area is 84.1 Å². The number of carbonyl (C=O) groups excluding carboxylic acids is 1. The molecule has 0 atom stereocenters. The molecule has 0 aromatic carbocycles. The van der Waals surface area contributed by atoms with Gasteiger partial charge in [0.05, 0.1) is 19.1 Å². The van der Waals surface area contributed by atoms with Crippen LogP contribution in [0.5, 0.6) is 0 Å². The van der Waals surface area contributed by atoms with Crippen molar-refractivity contribution in [3.05, 3.63) is 24.2 Å². The van der Waals surface area contributed by atoms with Crippen molar-refractivity contribution in [1.29, 1.82) is 0 Å². The van der Waals surface area contributed by atoms with Crippen LogP contribution in [0.1, 0.15) is 12.5 Å². The van der Waals surface area contributed by atoms with Crippen LogP contribution in [0.4, 0.5) is 4.79 Å². The zero-order valence-electron chi connectivity index (χ0n) is 8.86. The van der Waals surface area contributed by atoms with E-state index in [1.165, 1.54) is 0 Å². The number of carbonyl (C=O) groups is 1. The van der Waals surface area contributed by atoms with Gasteiger partial charge in [0.25, 0.3) is 0 Å². The number of urea groups is 1. The van der Waals surface area contributed by atoms with Gasteiger partial charge in [-0.3, -0.25) is 0 Å². The lowest BCUT2D eigenvalue weighted by Crippen LogP contribution is -2.38. The van der Waals surface area contributed by atoms with Crippen molar-refractivity contribution in [1.82, 2.24) is 9.80 Å². The Kier molecular flexibility index (Phi) is 3.56. The lowest BCUT2D eigenvalue weighted by molar-refractivity contribution is 0.171. The predicted octanol–water partition coefficient (Wildman–Crippen LogP) is 1.78. The molecule has 0 aliphatic heterocycles. The lowest BCUT2D eigenvalue weighted by atomic mass is 10.3. The van der Waals surface area contributed by atoms with E-state index in [0.29, 0.717) is 13.1 Å². The SMILES string of the molecule is CCN(Cc1ccoc1)C(=O)N(C)C. The summed E-state index contributed by atoms with van der Waals surface area (Å²) in [5, 5.41) is 0. The van der Waals surface area contributed by atoms with E-state index >= 15 is 0 Å². The molecule has 0 spiro atoms. The Morgan fingerprint density at radius 2 is 2.21 bits per heavy atom. The van der Waals surface area contributed by atoms with Gasteiger partial charge < -0.3 is 14.2 Å². The smallest absolute Gasteiger partial charge is 0.319 e. The summed E-state index contributed by atoms with van der Waals surface area (Å²) in [6.07, 6.45) is 3.27. The number of hydrogen-bond acceptors (Lipinski definition) is 2. The van der Waals surface area contributed by atoms with Crippen LogP contribution in [0.3, 0.4) is 0 Å². The summed E-state index contributed by atoms with van der Waals surface area (Å²) in [5.41, 5.74) is 1.02. The molecule has 0 aliphatic carbocycles. The van der Waals surface area contributed by atoms with Gasteiger partial charge in [-0.1, -0.05) is 0 Å². The number of nitrogens with zero attached hydrogens (tertiary/aromatic N) is 2. The van der Waals surface area contributed by atoms with Crippen LogP contribution in [0.15, 0.2) is 23.0 Å². The van der Waals surface area contributed by atoms with Crippen LogP contribution >= 0.6 is 0 Å². The van der Waals surface area contributed by atoms with Gasteiger partial charge in [-0.2, -0.15) is 0 Å². The summed E-state index contributed by atoms with van der Waals surface area (Å²) in [6.45, 7) is 3.26. The maximum Gasteiger partial charge on any atom is 0.319 e. The molecule has 4 heteroatoms. The van der Waals surface area contributed by atoms with Crippen LogP contribution in [-0.2, 0) is 6.54 Å². The van der Waals surface area contributed by atoms with Crippen molar-refractivity contribution in [3.8, 4) is 0 Å². The molecule has 78 valence electrons. The predicted molar refractivity (Wildman–Crippen MR) is 53.9 cm³/mol. The molecule has 1 aromatic rings. The fourth-order valence-corrected chi connectivity index (χ4v) is 1.20. The van der Waals surface area contributed by atoms with Crippen molar-refractivity contribution >= 4 is 6.03 Å². The Hall–Kier alpha value is -1.45. The molecule has 0 saturated carbocycles. The average molecular weight is 196 g/mol. The van der Waals surface area contributed by atoms with Crippen molar-refractivity contribution in [3.63, 3.8) is 0 Å². The summed E-state index contributed by atoms with van der Waals surface area (Å²) < 4.78 is 4.95. The van der Waals surface area contributed by atoms with E-state index in [4.69, 9.17) is 4.42 Å². The van der Waals surface area contributed by atoms with Crippen molar-refractivity contribution in [2.24, 2.45) is 0 Å². The Balaban J connectivity index is 2.60. The van der Waals surface area contributed by atoms with Crippen molar-refractivity contribution in [2.75, 3.05) is 20.6 Å². The molecular weight excluding hydrogens is 180 g/mol. The van der Waals surface area contributed by atoms with E-state index < -0.39 is 0 Å². The quantitative estimate of drug-likeness (QED) is 0.739. The highest BCUT2D eigenvalue weighted by molar-refractivity contribution is 5.73. The maximum atomic E-state index is 11.6. The molecule has 1 aromatic heterocycles. The van der Waals surface area contributed by atoms with E-state index in [-0.39, 0.29) is 6.03 Å². The van der Waals surface area contributed by atoms with Crippen molar-refractivity contribution in [2.45, 2.75) is 13.5 Å². The van der Waals surface area contributed by atoms with Gasteiger partial charge in [0.1, 0.15) is 0 Å².